The highest BCUT2D eigenvalue weighted by molar-refractivity contribution is 6.35. The first-order chi connectivity index (χ1) is 14.7. The van der Waals surface area contributed by atoms with Crippen LogP contribution < -0.4 is 10.2 Å². The summed E-state index contributed by atoms with van der Waals surface area (Å²) in [6.07, 6.45) is -2.64. The van der Waals surface area contributed by atoms with Gasteiger partial charge in [-0.25, -0.2) is 0 Å². The van der Waals surface area contributed by atoms with Gasteiger partial charge in [-0.05, 0) is 61.4 Å². The number of amides is 1. The molecule has 4 nitrogen and oxygen atoms in total. The number of rotatable bonds is 4. The van der Waals surface area contributed by atoms with Crippen LogP contribution in [-0.2, 0) is 6.18 Å². The minimum absolute atomic E-state index is 0.0594. The minimum atomic E-state index is -4.52. The molecule has 1 aliphatic rings. The van der Waals surface area contributed by atoms with Crippen LogP contribution in [0.2, 0.25) is 10.0 Å². The Morgan fingerprint density at radius 2 is 1.74 bits per heavy atom. The van der Waals surface area contributed by atoms with Crippen LogP contribution in [-0.4, -0.2) is 19.0 Å². The number of nitrogens with one attached hydrogen (secondary N) is 1. The van der Waals surface area contributed by atoms with Gasteiger partial charge in [-0.15, -0.1) is 0 Å². The van der Waals surface area contributed by atoms with Gasteiger partial charge in [0.05, 0.1) is 22.0 Å². The smallest absolute Gasteiger partial charge is 0.416 e. The Hall–Kier alpha value is -2.64. The summed E-state index contributed by atoms with van der Waals surface area (Å²) >= 11 is 12.2. The fraction of sp³-hybridized carbons (Fsp3) is 0.227. The summed E-state index contributed by atoms with van der Waals surface area (Å²) < 4.78 is 45.3. The van der Waals surface area contributed by atoms with Crippen LogP contribution in [0.15, 0.2) is 52.9 Å². The molecule has 1 saturated heterocycles. The Balaban J connectivity index is 1.63. The lowest BCUT2D eigenvalue weighted by atomic mass is 10.1. The van der Waals surface area contributed by atoms with Crippen molar-refractivity contribution in [2.45, 2.75) is 19.0 Å². The molecule has 2 aromatic carbocycles. The Labute approximate surface area is 186 Å². The zero-order valence-electron chi connectivity index (χ0n) is 16.1. The molecule has 0 atom stereocenters. The van der Waals surface area contributed by atoms with Crippen molar-refractivity contribution in [3.8, 4) is 11.3 Å². The number of alkyl halides is 3. The molecule has 0 radical (unpaired) electrons. The van der Waals surface area contributed by atoms with E-state index in [4.69, 9.17) is 27.6 Å². The lowest BCUT2D eigenvalue weighted by molar-refractivity contribution is -0.137. The normalized spacial score (nSPS) is 14.2. The summed E-state index contributed by atoms with van der Waals surface area (Å²) in [6.45, 7) is 1.43. The van der Waals surface area contributed by atoms with E-state index in [0.29, 0.717) is 40.1 Å². The number of anilines is 2. The molecule has 0 bridgehead atoms. The van der Waals surface area contributed by atoms with Crippen LogP contribution >= 0.6 is 23.2 Å². The second-order valence-corrected chi connectivity index (χ2v) is 8.01. The third-order valence-electron chi connectivity index (χ3n) is 5.04. The summed E-state index contributed by atoms with van der Waals surface area (Å²) in [5.41, 5.74) is 0.297. The van der Waals surface area contributed by atoms with Gasteiger partial charge in [0.2, 0.25) is 0 Å². The molecule has 1 N–H and O–H groups in total. The van der Waals surface area contributed by atoms with Crippen molar-refractivity contribution in [3.05, 3.63) is 69.9 Å². The van der Waals surface area contributed by atoms with Crippen molar-refractivity contribution in [1.82, 2.24) is 0 Å². The Kier molecular flexibility index (Phi) is 5.90. The SMILES string of the molecule is O=C(Nc1cc(C(F)(F)F)ccc1N1CCCC1)c1ccc(-c2cc(Cl)ccc2Cl)o1. The standard InChI is InChI=1S/C22H17Cl2F3N2O2/c23-14-4-5-16(24)15(12-14)19-7-8-20(31-19)21(30)28-17-11-13(22(25,26)27)3-6-18(17)29-9-1-2-10-29/h3-8,11-12H,1-2,9-10H2,(H,28,30). The number of carbonyl (C=O) groups is 1. The fourth-order valence-electron chi connectivity index (χ4n) is 3.52. The van der Waals surface area contributed by atoms with E-state index in [2.05, 4.69) is 5.32 Å². The summed E-state index contributed by atoms with van der Waals surface area (Å²) in [4.78, 5) is 14.7. The molecule has 1 aliphatic heterocycles. The van der Waals surface area contributed by atoms with Crippen LogP contribution in [0.1, 0.15) is 29.0 Å². The van der Waals surface area contributed by atoms with Crippen LogP contribution in [0, 0.1) is 0 Å². The molecule has 4 rings (SSSR count). The third-order valence-corrected chi connectivity index (χ3v) is 5.61. The fourth-order valence-corrected chi connectivity index (χ4v) is 3.90. The summed E-state index contributed by atoms with van der Waals surface area (Å²) in [6, 6.07) is 11.2. The molecule has 1 amide bonds. The van der Waals surface area contributed by atoms with Crippen molar-refractivity contribution in [2.75, 3.05) is 23.3 Å². The number of halogens is 5. The van der Waals surface area contributed by atoms with Crippen LogP contribution in [0.4, 0.5) is 24.5 Å². The van der Waals surface area contributed by atoms with E-state index in [1.807, 2.05) is 4.90 Å². The topological polar surface area (TPSA) is 45.5 Å². The highest BCUT2D eigenvalue weighted by Crippen LogP contribution is 2.37. The van der Waals surface area contributed by atoms with Gasteiger partial charge in [-0.2, -0.15) is 13.2 Å². The average molecular weight is 469 g/mol. The molecule has 2 heterocycles. The minimum Gasteiger partial charge on any atom is -0.451 e. The Morgan fingerprint density at radius 3 is 2.45 bits per heavy atom. The zero-order chi connectivity index (χ0) is 22.2. The molecule has 3 aromatic rings. The maximum atomic E-state index is 13.2. The van der Waals surface area contributed by atoms with Gasteiger partial charge in [0, 0.05) is 23.7 Å². The van der Waals surface area contributed by atoms with Gasteiger partial charge >= 0.3 is 6.18 Å². The molecular formula is C22H17Cl2F3N2O2. The number of carbonyl (C=O) groups excluding carboxylic acids is 1. The van der Waals surface area contributed by atoms with E-state index in [0.717, 1.165) is 25.0 Å². The third kappa shape index (κ3) is 4.67. The number of furan rings is 1. The molecule has 0 unspecified atom stereocenters. The summed E-state index contributed by atoms with van der Waals surface area (Å²) in [5.74, 6) is -0.401. The van der Waals surface area contributed by atoms with E-state index >= 15 is 0 Å². The molecule has 0 spiro atoms. The van der Waals surface area contributed by atoms with Crippen molar-refractivity contribution < 1.29 is 22.4 Å². The molecule has 162 valence electrons. The molecule has 0 saturated carbocycles. The second kappa shape index (κ2) is 8.48. The van der Waals surface area contributed by atoms with Crippen molar-refractivity contribution in [3.63, 3.8) is 0 Å². The van der Waals surface area contributed by atoms with Gasteiger partial charge in [0.1, 0.15) is 5.76 Å². The van der Waals surface area contributed by atoms with Gasteiger partial charge in [-0.3, -0.25) is 4.79 Å². The van der Waals surface area contributed by atoms with Crippen molar-refractivity contribution in [1.29, 1.82) is 0 Å². The van der Waals surface area contributed by atoms with Crippen LogP contribution in [0.5, 0.6) is 0 Å². The quantitative estimate of drug-likeness (QED) is 0.443. The number of hydrogen-bond donors (Lipinski definition) is 1. The highest BCUT2D eigenvalue weighted by atomic mass is 35.5. The molecular weight excluding hydrogens is 452 g/mol. The zero-order valence-corrected chi connectivity index (χ0v) is 17.6. The van der Waals surface area contributed by atoms with Gasteiger partial charge in [-0.1, -0.05) is 23.2 Å². The number of hydrogen-bond acceptors (Lipinski definition) is 3. The molecule has 9 heteroatoms. The first kappa shape index (κ1) is 21.6. The average Bonchev–Trinajstić information content (AvgIpc) is 3.41. The first-order valence-corrected chi connectivity index (χ1v) is 10.3. The predicted molar refractivity (Wildman–Crippen MR) is 115 cm³/mol. The van der Waals surface area contributed by atoms with Crippen LogP contribution in [0.3, 0.4) is 0 Å². The second-order valence-electron chi connectivity index (χ2n) is 7.17. The van der Waals surface area contributed by atoms with Crippen molar-refractivity contribution in [2.24, 2.45) is 0 Å². The van der Waals surface area contributed by atoms with E-state index in [1.165, 1.54) is 12.1 Å². The highest BCUT2D eigenvalue weighted by Gasteiger charge is 2.32. The van der Waals surface area contributed by atoms with E-state index in [1.54, 1.807) is 24.3 Å². The molecule has 1 fully saturated rings. The maximum absolute atomic E-state index is 13.2. The first-order valence-electron chi connectivity index (χ1n) is 9.55. The number of nitrogens with zero attached hydrogens (tertiary/aromatic N) is 1. The predicted octanol–water partition coefficient (Wildman–Crippen LogP) is 7.12. The monoisotopic (exact) mass is 468 g/mol. The number of benzene rings is 2. The van der Waals surface area contributed by atoms with E-state index < -0.39 is 17.6 Å². The molecule has 1 aromatic heterocycles. The van der Waals surface area contributed by atoms with Gasteiger partial charge < -0.3 is 14.6 Å². The summed E-state index contributed by atoms with van der Waals surface area (Å²) in [5, 5.41) is 3.41. The van der Waals surface area contributed by atoms with E-state index in [-0.39, 0.29) is 11.4 Å². The lowest BCUT2D eigenvalue weighted by Crippen LogP contribution is -2.21. The lowest BCUT2D eigenvalue weighted by Gasteiger charge is -2.22. The summed E-state index contributed by atoms with van der Waals surface area (Å²) in [7, 11) is 0. The molecule has 31 heavy (non-hydrogen) atoms. The van der Waals surface area contributed by atoms with Gasteiger partial charge in [0.25, 0.3) is 5.91 Å². The van der Waals surface area contributed by atoms with Crippen LogP contribution in [0.25, 0.3) is 11.3 Å². The van der Waals surface area contributed by atoms with Gasteiger partial charge in [0.15, 0.2) is 5.76 Å². The largest absolute Gasteiger partial charge is 0.451 e. The Bertz CT molecular complexity index is 1120. The van der Waals surface area contributed by atoms with E-state index in [9.17, 15) is 18.0 Å². The maximum Gasteiger partial charge on any atom is 0.416 e. The molecule has 0 aliphatic carbocycles. The van der Waals surface area contributed by atoms with Crippen molar-refractivity contribution >= 4 is 40.5 Å². The Morgan fingerprint density at radius 1 is 1.00 bits per heavy atom.